The predicted molar refractivity (Wildman–Crippen MR) is 101 cm³/mol. The third-order valence-corrected chi connectivity index (χ3v) is 6.89. The molecule has 5 heteroatoms. The van der Waals surface area contributed by atoms with Crippen molar-refractivity contribution in [2.45, 2.75) is 58.5 Å². The highest BCUT2D eigenvalue weighted by atomic mass is 28.3. The third kappa shape index (κ3) is 3.97. The van der Waals surface area contributed by atoms with Crippen molar-refractivity contribution in [3.8, 4) is 0 Å². The second-order valence-electron chi connectivity index (χ2n) is 8.34. The van der Waals surface area contributed by atoms with Crippen LogP contribution < -0.4 is 5.19 Å². The highest BCUT2D eigenvalue weighted by Crippen LogP contribution is 2.38. The smallest absolute Gasteiger partial charge is 0.400 e. The van der Waals surface area contributed by atoms with E-state index in [2.05, 4.69) is 43.9 Å². The predicted octanol–water partition coefficient (Wildman–Crippen LogP) is 3.24. The summed E-state index contributed by atoms with van der Waals surface area (Å²) in [7, 11) is -1.86. The summed E-state index contributed by atoms with van der Waals surface area (Å²) in [5.74, 6) is 0. The molecule has 0 radical (unpaired) electrons. The molecule has 0 unspecified atom stereocenters. The first-order valence-corrected chi connectivity index (χ1v) is 11.7. The Balaban J connectivity index is 2.31. The van der Waals surface area contributed by atoms with Crippen LogP contribution in [0.15, 0.2) is 29.7 Å². The minimum absolute atomic E-state index is 0.0754. The van der Waals surface area contributed by atoms with Gasteiger partial charge in [0.05, 0.1) is 25.9 Å². The second kappa shape index (κ2) is 6.21. The van der Waals surface area contributed by atoms with Crippen molar-refractivity contribution >= 4 is 26.5 Å². The lowest BCUT2D eigenvalue weighted by molar-refractivity contribution is 0.00578. The molecular formula is C18H29BO3Si. The second-order valence-corrected chi connectivity index (χ2v) is 13.4. The number of hydrogen-bond acceptors (Lipinski definition) is 3. The van der Waals surface area contributed by atoms with E-state index >= 15 is 0 Å². The average Bonchev–Trinajstić information content (AvgIpc) is 2.64. The summed E-state index contributed by atoms with van der Waals surface area (Å²) in [6, 6.07) is 8.55. The van der Waals surface area contributed by atoms with Crippen molar-refractivity contribution in [2.75, 3.05) is 6.61 Å². The summed E-state index contributed by atoms with van der Waals surface area (Å²) in [4.78, 5) is 0. The van der Waals surface area contributed by atoms with Crippen LogP contribution in [0, 0.1) is 0 Å². The van der Waals surface area contributed by atoms with Crippen molar-refractivity contribution in [2.24, 2.45) is 0 Å². The minimum atomic E-state index is -1.36. The Morgan fingerprint density at radius 3 is 2.17 bits per heavy atom. The molecule has 0 bridgehead atoms. The SMILES string of the molecule is CC1(C)OB(C(=Cc2cccc([Si](C)(C)C)c2)CO)OC1(C)C. The number of hydrogen-bond donors (Lipinski definition) is 1. The van der Waals surface area contributed by atoms with Crippen LogP contribution in [-0.2, 0) is 9.31 Å². The molecule has 3 nitrogen and oxygen atoms in total. The van der Waals surface area contributed by atoms with Crippen molar-refractivity contribution < 1.29 is 14.4 Å². The molecular weight excluding hydrogens is 303 g/mol. The van der Waals surface area contributed by atoms with Gasteiger partial charge in [-0.2, -0.15) is 0 Å². The average molecular weight is 332 g/mol. The number of aliphatic hydroxyl groups is 1. The van der Waals surface area contributed by atoms with Crippen molar-refractivity contribution in [1.29, 1.82) is 0 Å². The summed E-state index contributed by atoms with van der Waals surface area (Å²) in [5.41, 5.74) is 1.05. The number of aliphatic hydroxyl groups excluding tert-OH is 1. The zero-order valence-corrected chi connectivity index (χ0v) is 16.4. The molecule has 1 fully saturated rings. The van der Waals surface area contributed by atoms with Gasteiger partial charge in [0.2, 0.25) is 0 Å². The van der Waals surface area contributed by atoms with Crippen molar-refractivity contribution in [1.82, 2.24) is 0 Å². The molecule has 23 heavy (non-hydrogen) atoms. The van der Waals surface area contributed by atoms with Crippen LogP contribution in [0.5, 0.6) is 0 Å². The molecule has 1 aliphatic rings. The molecule has 0 amide bonds. The largest absolute Gasteiger partial charge is 0.492 e. The molecule has 1 heterocycles. The number of rotatable bonds is 4. The fourth-order valence-corrected chi connectivity index (χ4v) is 3.69. The van der Waals surface area contributed by atoms with E-state index in [4.69, 9.17) is 9.31 Å². The van der Waals surface area contributed by atoms with Crippen LogP contribution in [0.1, 0.15) is 33.3 Å². The van der Waals surface area contributed by atoms with Gasteiger partial charge in [0.25, 0.3) is 0 Å². The Kier molecular flexibility index (Phi) is 4.98. The van der Waals surface area contributed by atoms with Crippen LogP contribution in [0.25, 0.3) is 6.08 Å². The molecule has 126 valence electrons. The lowest BCUT2D eigenvalue weighted by Crippen LogP contribution is -2.41. The van der Waals surface area contributed by atoms with E-state index in [1.165, 1.54) is 5.19 Å². The maximum absolute atomic E-state index is 9.80. The Hall–Kier alpha value is -0.878. The summed E-state index contributed by atoms with van der Waals surface area (Å²) in [6.45, 7) is 15.0. The van der Waals surface area contributed by atoms with Gasteiger partial charge in [0.15, 0.2) is 0 Å². The van der Waals surface area contributed by atoms with Crippen molar-refractivity contribution in [3.05, 3.63) is 35.3 Å². The minimum Gasteiger partial charge on any atom is -0.400 e. The Morgan fingerprint density at radius 2 is 1.70 bits per heavy atom. The van der Waals surface area contributed by atoms with Gasteiger partial charge < -0.3 is 14.4 Å². The van der Waals surface area contributed by atoms with Gasteiger partial charge in [-0.1, -0.05) is 55.2 Å². The molecule has 0 atom stereocenters. The molecule has 1 N–H and O–H groups in total. The van der Waals surface area contributed by atoms with Crippen LogP contribution in [-0.4, -0.2) is 38.1 Å². The van der Waals surface area contributed by atoms with E-state index in [1.807, 2.05) is 33.8 Å². The molecule has 0 saturated carbocycles. The first-order valence-electron chi connectivity index (χ1n) is 8.24. The fraction of sp³-hybridized carbons (Fsp3) is 0.556. The molecule has 0 aromatic heterocycles. The van der Waals surface area contributed by atoms with Gasteiger partial charge in [-0.25, -0.2) is 0 Å². The molecule has 1 saturated heterocycles. The first-order chi connectivity index (χ1) is 10.5. The van der Waals surface area contributed by atoms with Gasteiger partial charge in [-0.15, -0.1) is 0 Å². The maximum atomic E-state index is 9.80. The van der Waals surface area contributed by atoms with Gasteiger partial charge in [0, 0.05) is 0 Å². The van der Waals surface area contributed by atoms with Crippen LogP contribution in [0.2, 0.25) is 19.6 Å². The zero-order valence-electron chi connectivity index (χ0n) is 15.4. The van der Waals surface area contributed by atoms with E-state index < -0.39 is 26.4 Å². The Morgan fingerprint density at radius 1 is 1.13 bits per heavy atom. The fourth-order valence-electron chi connectivity index (χ4n) is 2.49. The lowest BCUT2D eigenvalue weighted by Gasteiger charge is -2.32. The van der Waals surface area contributed by atoms with Gasteiger partial charge in [0.1, 0.15) is 0 Å². The van der Waals surface area contributed by atoms with Gasteiger partial charge >= 0.3 is 7.12 Å². The van der Waals surface area contributed by atoms with E-state index in [9.17, 15) is 5.11 Å². The zero-order chi connectivity index (χ0) is 17.5. The molecule has 0 spiro atoms. The summed E-state index contributed by atoms with van der Waals surface area (Å²) in [5, 5.41) is 11.2. The molecule has 1 aromatic rings. The highest BCUT2D eigenvalue weighted by molar-refractivity contribution is 6.88. The summed E-state index contributed by atoms with van der Waals surface area (Å²) >= 11 is 0. The van der Waals surface area contributed by atoms with Crippen LogP contribution in [0.4, 0.5) is 0 Å². The first kappa shape index (κ1) is 18.5. The van der Waals surface area contributed by atoms with Crippen LogP contribution >= 0.6 is 0 Å². The monoisotopic (exact) mass is 332 g/mol. The molecule has 1 aromatic carbocycles. The van der Waals surface area contributed by atoms with E-state index in [0.29, 0.717) is 0 Å². The Bertz CT molecular complexity index is 587. The highest BCUT2D eigenvalue weighted by Gasteiger charge is 2.52. The van der Waals surface area contributed by atoms with E-state index in [-0.39, 0.29) is 6.61 Å². The molecule has 1 aliphatic heterocycles. The van der Waals surface area contributed by atoms with Gasteiger partial charge in [-0.05, 0) is 38.7 Å². The number of benzene rings is 1. The summed E-state index contributed by atoms with van der Waals surface area (Å²) in [6.07, 6.45) is 1.99. The quantitative estimate of drug-likeness (QED) is 0.861. The lowest BCUT2D eigenvalue weighted by atomic mass is 9.77. The van der Waals surface area contributed by atoms with E-state index in [0.717, 1.165) is 11.0 Å². The van der Waals surface area contributed by atoms with E-state index in [1.54, 1.807) is 0 Å². The third-order valence-electron chi connectivity index (χ3n) is 4.84. The molecule has 2 rings (SSSR count). The van der Waals surface area contributed by atoms with Gasteiger partial charge in [-0.3, -0.25) is 0 Å². The van der Waals surface area contributed by atoms with Crippen LogP contribution in [0.3, 0.4) is 0 Å². The molecule has 0 aliphatic carbocycles. The van der Waals surface area contributed by atoms with Crippen molar-refractivity contribution in [3.63, 3.8) is 0 Å². The summed E-state index contributed by atoms with van der Waals surface area (Å²) < 4.78 is 12.1. The maximum Gasteiger partial charge on any atom is 0.492 e. The topological polar surface area (TPSA) is 38.7 Å². The standard InChI is InChI=1S/C18H29BO3Si/c1-17(2)18(3,4)22-19(21-17)15(13-20)11-14-9-8-10-16(12-14)23(5,6)7/h8-12,20H,13H2,1-7H3. The Labute approximate surface area is 141 Å². The normalized spacial score (nSPS) is 20.9.